The van der Waals surface area contributed by atoms with Gasteiger partial charge in [0.15, 0.2) is 0 Å². The molecule has 116 valence electrons. The number of benzene rings is 2. The van der Waals surface area contributed by atoms with Crippen molar-refractivity contribution in [2.75, 3.05) is 0 Å². The number of hydrogen-bond acceptors (Lipinski definition) is 1. The molecule has 0 saturated carbocycles. The summed E-state index contributed by atoms with van der Waals surface area (Å²) in [5.41, 5.74) is 4.71. The second-order valence-corrected chi connectivity index (χ2v) is 6.30. The van der Waals surface area contributed by atoms with Crippen LogP contribution in [0.1, 0.15) is 42.1 Å². The first-order chi connectivity index (χ1) is 10.5. The Bertz CT molecular complexity index is 631. The van der Waals surface area contributed by atoms with E-state index in [1.54, 1.807) is 0 Å². The van der Waals surface area contributed by atoms with E-state index in [1.807, 2.05) is 24.3 Å². The molecule has 2 aromatic carbocycles. The summed E-state index contributed by atoms with van der Waals surface area (Å²) in [6.07, 6.45) is 0.428. The van der Waals surface area contributed by atoms with Crippen molar-refractivity contribution in [1.82, 2.24) is 5.32 Å². The molecule has 0 unspecified atom stereocenters. The summed E-state index contributed by atoms with van der Waals surface area (Å²) < 4.78 is 0. The molecule has 0 aliphatic carbocycles. The van der Waals surface area contributed by atoms with Gasteiger partial charge in [-0.2, -0.15) is 0 Å². The van der Waals surface area contributed by atoms with E-state index in [-0.39, 0.29) is 11.9 Å². The van der Waals surface area contributed by atoms with Crippen molar-refractivity contribution in [2.45, 2.75) is 40.2 Å². The highest BCUT2D eigenvalue weighted by molar-refractivity contribution is 5.79. The van der Waals surface area contributed by atoms with Crippen LogP contribution in [-0.2, 0) is 11.2 Å². The Morgan fingerprint density at radius 2 is 1.68 bits per heavy atom. The molecule has 0 spiro atoms. The first-order valence-corrected chi connectivity index (χ1v) is 7.88. The van der Waals surface area contributed by atoms with Crippen molar-refractivity contribution < 1.29 is 4.79 Å². The quantitative estimate of drug-likeness (QED) is 0.872. The lowest BCUT2D eigenvalue weighted by Gasteiger charge is -2.23. The predicted molar refractivity (Wildman–Crippen MR) is 91.8 cm³/mol. The summed E-state index contributed by atoms with van der Waals surface area (Å²) in [6, 6.07) is 16.4. The van der Waals surface area contributed by atoms with Crippen LogP contribution in [0.15, 0.2) is 48.5 Å². The largest absolute Gasteiger partial charge is 0.349 e. The molecule has 0 aromatic heterocycles. The number of carbonyl (C=O) groups is 1. The fourth-order valence-corrected chi connectivity index (χ4v) is 2.62. The highest BCUT2D eigenvalue weighted by Crippen LogP contribution is 2.21. The Morgan fingerprint density at radius 1 is 1.00 bits per heavy atom. The third-order valence-corrected chi connectivity index (χ3v) is 4.08. The molecule has 1 N–H and O–H groups in total. The lowest BCUT2D eigenvalue weighted by Crippen LogP contribution is -2.32. The topological polar surface area (TPSA) is 29.1 Å². The summed E-state index contributed by atoms with van der Waals surface area (Å²) in [7, 11) is 0. The number of aryl methyl sites for hydroxylation is 2. The second-order valence-electron chi connectivity index (χ2n) is 6.30. The molecule has 0 fully saturated rings. The van der Waals surface area contributed by atoms with E-state index in [2.05, 4.69) is 57.3 Å². The molecule has 2 nitrogen and oxygen atoms in total. The van der Waals surface area contributed by atoms with E-state index in [1.165, 1.54) is 11.1 Å². The van der Waals surface area contributed by atoms with Crippen LogP contribution in [0, 0.1) is 19.8 Å². The maximum Gasteiger partial charge on any atom is 0.224 e. The molecule has 2 rings (SSSR count). The van der Waals surface area contributed by atoms with E-state index in [0.29, 0.717) is 12.3 Å². The summed E-state index contributed by atoms with van der Waals surface area (Å²) in [5.74, 6) is 0.428. The van der Waals surface area contributed by atoms with Crippen molar-refractivity contribution in [2.24, 2.45) is 5.92 Å². The first-order valence-electron chi connectivity index (χ1n) is 7.88. The molecule has 0 radical (unpaired) electrons. The van der Waals surface area contributed by atoms with Crippen molar-refractivity contribution >= 4 is 5.91 Å². The molecule has 0 saturated heterocycles. The summed E-state index contributed by atoms with van der Waals surface area (Å²) in [6.45, 7) is 8.43. The van der Waals surface area contributed by atoms with Gasteiger partial charge in [0.25, 0.3) is 0 Å². The zero-order chi connectivity index (χ0) is 16.1. The maximum atomic E-state index is 12.4. The Balaban J connectivity index is 2.07. The van der Waals surface area contributed by atoms with Gasteiger partial charge in [-0.05, 0) is 42.0 Å². The minimum absolute atomic E-state index is 0.0558. The number of amides is 1. The van der Waals surface area contributed by atoms with Crippen LogP contribution in [0.2, 0.25) is 0 Å². The highest BCUT2D eigenvalue weighted by Gasteiger charge is 2.18. The fourth-order valence-electron chi connectivity index (χ4n) is 2.62. The minimum Gasteiger partial charge on any atom is -0.349 e. The molecular formula is C20H25NO. The van der Waals surface area contributed by atoms with Crippen molar-refractivity contribution in [3.8, 4) is 0 Å². The van der Waals surface area contributed by atoms with Gasteiger partial charge >= 0.3 is 0 Å². The van der Waals surface area contributed by atoms with Crippen molar-refractivity contribution in [1.29, 1.82) is 0 Å². The minimum atomic E-state index is 0.0558. The van der Waals surface area contributed by atoms with Gasteiger partial charge in [0.2, 0.25) is 5.91 Å². The van der Waals surface area contributed by atoms with Gasteiger partial charge in [0.05, 0.1) is 12.5 Å². The molecule has 22 heavy (non-hydrogen) atoms. The number of carbonyl (C=O) groups excluding carboxylic acids is 1. The molecule has 0 bridgehead atoms. The van der Waals surface area contributed by atoms with Gasteiger partial charge in [-0.25, -0.2) is 0 Å². The van der Waals surface area contributed by atoms with Crippen LogP contribution in [0.5, 0.6) is 0 Å². The Labute approximate surface area is 133 Å². The van der Waals surface area contributed by atoms with Crippen LogP contribution in [0.25, 0.3) is 0 Å². The Hall–Kier alpha value is -2.09. The lowest BCUT2D eigenvalue weighted by atomic mass is 9.95. The molecular weight excluding hydrogens is 270 g/mol. The van der Waals surface area contributed by atoms with Crippen molar-refractivity contribution in [3.63, 3.8) is 0 Å². The van der Waals surface area contributed by atoms with Gasteiger partial charge in [-0.15, -0.1) is 0 Å². The van der Waals surface area contributed by atoms with Gasteiger partial charge in [-0.3, -0.25) is 4.79 Å². The second kappa shape index (κ2) is 7.26. The monoisotopic (exact) mass is 295 g/mol. The van der Waals surface area contributed by atoms with E-state index >= 15 is 0 Å². The number of nitrogens with one attached hydrogen (secondary N) is 1. The zero-order valence-corrected chi connectivity index (χ0v) is 13.9. The Morgan fingerprint density at radius 3 is 2.27 bits per heavy atom. The van der Waals surface area contributed by atoms with Gasteiger partial charge < -0.3 is 5.32 Å². The fraction of sp³-hybridized carbons (Fsp3) is 0.350. The molecule has 1 amide bonds. The molecule has 2 heteroatoms. The van der Waals surface area contributed by atoms with Crippen LogP contribution in [0.3, 0.4) is 0 Å². The lowest BCUT2D eigenvalue weighted by molar-refractivity contribution is -0.121. The van der Waals surface area contributed by atoms with Crippen LogP contribution < -0.4 is 5.32 Å². The van der Waals surface area contributed by atoms with Gasteiger partial charge in [0.1, 0.15) is 0 Å². The third-order valence-electron chi connectivity index (χ3n) is 4.08. The summed E-state index contributed by atoms with van der Waals surface area (Å²) >= 11 is 0. The third kappa shape index (κ3) is 4.20. The van der Waals surface area contributed by atoms with Crippen LogP contribution in [-0.4, -0.2) is 5.91 Å². The first kappa shape index (κ1) is 16.3. The van der Waals surface area contributed by atoms with Gasteiger partial charge in [-0.1, -0.05) is 62.4 Å². The molecule has 2 aromatic rings. The molecule has 0 heterocycles. The maximum absolute atomic E-state index is 12.4. The zero-order valence-electron chi connectivity index (χ0n) is 13.9. The predicted octanol–water partition coefficient (Wildman–Crippen LogP) is 4.36. The average Bonchev–Trinajstić information content (AvgIpc) is 2.49. The van der Waals surface area contributed by atoms with Crippen molar-refractivity contribution in [3.05, 3.63) is 70.8 Å². The normalized spacial score (nSPS) is 12.2. The molecule has 0 aliphatic heterocycles. The standard InChI is InChI=1S/C20H25NO/c1-14(2)20(18-8-6-5-7-9-18)21-19(22)13-17-11-10-15(3)16(4)12-17/h5-12,14,20H,13H2,1-4H3,(H,21,22)/t20-/m0/s1. The smallest absolute Gasteiger partial charge is 0.224 e. The van der Waals surface area contributed by atoms with Gasteiger partial charge in [0, 0.05) is 0 Å². The van der Waals surface area contributed by atoms with E-state index in [4.69, 9.17) is 0 Å². The van der Waals surface area contributed by atoms with E-state index < -0.39 is 0 Å². The Kier molecular flexibility index (Phi) is 5.37. The average molecular weight is 295 g/mol. The SMILES string of the molecule is Cc1ccc(CC(=O)N[C@H](c2ccccc2)C(C)C)cc1C. The summed E-state index contributed by atoms with van der Waals surface area (Å²) in [4.78, 5) is 12.4. The molecule has 1 atom stereocenters. The van der Waals surface area contributed by atoms with Crippen LogP contribution >= 0.6 is 0 Å². The number of hydrogen-bond donors (Lipinski definition) is 1. The molecule has 0 aliphatic rings. The van der Waals surface area contributed by atoms with Crippen LogP contribution in [0.4, 0.5) is 0 Å². The summed E-state index contributed by atoms with van der Waals surface area (Å²) in [5, 5.41) is 3.18. The van der Waals surface area contributed by atoms with E-state index in [9.17, 15) is 4.79 Å². The van der Waals surface area contributed by atoms with E-state index in [0.717, 1.165) is 11.1 Å². The highest BCUT2D eigenvalue weighted by atomic mass is 16.1. The number of rotatable bonds is 5.